The minimum absolute atomic E-state index is 0.291. The summed E-state index contributed by atoms with van der Waals surface area (Å²) in [6.07, 6.45) is 3.78. The lowest BCUT2D eigenvalue weighted by molar-refractivity contribution is 0.00303. The van der Waals surface area contributed by atoms with Crippen molar-refractivity contribution >= 4 is 0 Å². The molecule has 0 spiro atoms. The first kappa shape index (κ1) is 15.8. The van der Waals surface area contributed by atoms with E-state index >= 15 is 0 Å². The molecule has 0 amide bonds. The monoisotopic (exact) mass is 293 g/mol. The lowest BCUT2D eigenvalue weighted by Gasteiger charge is -2.23. The fourth-order valence-corrected chi connectivity index (χ4v) is 2.22. The third-order valence-electron chi connectivity index (χ3n) is 3.10. The number of furan rings is 2. The maximum absolute atomic E-state index is 10.1. The highest BCUT2D eigenvalue weighted by Crippen LogP contribution is 2.08. The molecule has 0 saturated heterocycles. The highest BCUT2D eigenvalue weighted by Gasteiger charge is 2.13. The number of hydrogen-bond donors (Lipinski definition) is 1. The second-order valence-corrected chi connectivity index (χ2v) is 5.06. The predicted molar refractivity (Wildman–Crippen MR) is 78.6 cm³/mol. The van der Waals surface area contributed by atoms with Gasteiger partial charge in [0.15, 0.2) is 0 Å². The summed E-state index contributed by atoms with van der Waals surface area (Å²) in [5.41, 5.74) is 0. The van der Waals surface area contributed by atoms with Crippen LogP contribution >= 0.6 is 0 Å². The molecular formula is C16H23NO4. The number of aliphatic hydroxyl groups excluding tert-OH is 1. The third-order valence-corrected chi connectivity index (χ3v) is 3.10. The van der Waals surface area contributed by atoms with Crippen molar-refractivity contribution in [3.8, 4) is 0 Å². The lowest BCUT2D eigenvalue weighted by Crippen LogP contribution is -2.35. The SMILES string of the molecule is CCCN(Cc1ccco1)C[C@@H](O)COCc1ccco1. The molecule has 1 N–H and O–H groups in total. The number of nitrogens with zero attached hydrogens (tertiary/aromatic N) is 1. The Hall–Kier alpha value is -1.56. The zero-order valence-corrected chi connectivity index (χ0v) is 12.4. The molecule has 0 aliphatic rings. The van der Waals surface area contributed by atoms with Gasteiger partial charge in [0.05, 0.1) is 31.8 Å². The Kier molecular flexibility index (Phi) is 6.53. The molecule has 21 heavy (non-hydrogen) atoms. The second-order valence-electron chi connectivity index (χ2n) is 5.06. The second kappa shape index (κ2) is 8.67. The summed E-state index contributed by atoms with van der Waals surface area (Å²) in [7, 11) is 0. The molecular weight excluding hydrogens is 270 g/mol. The predicted octanol–water partition coefficient (Wildman–Crippen LogP) is 2.66. The summed E-state index contributed by atoms with van der Waals surface area (Å²) in [5.74, 6) is 1.68. The molecule has 1 atom stereocenters. The summed E-state index contributed by atoms with van der Waals surface area (Å²) < 4.78 is 16.0. The van der Waals surface area contributed by atoms with Crippen LogP contribution in [0.2, 0.25) is 0 Å². The Labute approximate surface area is 125 Å². The quantitative estimate of drug-likeness (QED) is 0.730. The highest BCUT2D eigenvalue weighted by atomic mass is 16.5. The van der Waals surface area contributed by atoms with Gasteiger partial charge >= 0.3 is 0 Å². The summed E-state index contributed by atoms with van der Waals surface area (Å²) in [5, 5.41) is 10.1. The van der Waals surface area contributed by atoms with Gasteiger partial charge in [-0.15, -0.1) is 0 Å². The van der Waals surface area contributed by atoms with E-state index in [4.69, 9.17) is 13.6 Å². The van der Waals surface area contributed by atoms with Gasteiger partial charge in [-0.2, -0.15) is 0 Å². The van der Waals surface area contributed by atoms with Gasteiger partial charge in [0.1, 0.15) is 18.1 Å². The van der Waals surface area contributed by atoms with Crippen LogP contribution in [-0.4, -0.2) is 35.8 Å². The standard InChI is InChI=1S/C16H23NO4/c1-2-7-17(11-15-5-3-8-20-15)10-14(18)12-19-13-16-6-4-9-21-16/h3-6,8-9,14,18H,2,7,10-13H2,1H3/t14-/m1/s1. The van der Waals surface area contributed by atoms with E-state index in [1.807, 2.05) is 24.3 Å². The van der Waals surface area contributed by atoms with Crippen LogP contribution in [0.1, 0.15) is 24.9 Å². The number of aliphatic hydroxyl groups is 1. The maximum atomic E-state index is 10.1. The third kappa shape index (κ3) is 5.75. The van der Waals surface area contributed by atoms with Crippen molar-refractivity contribution in [2.75, 3.05) is 19.7 Å². The van der Waals surface area contributed by atoms with Crippen molar-refractivity contribution in [2.24, 2.45) is 0 Å². The van der Waals surface area contributed by atoms with E-state index in [1.54, 1.807) is 12.5 Å². The molecule has 2 heterocycles. The number of ether oxygens (including phenoxy) is 1. The summed E-state index contributed by atoms with van der Waals surface area (Å²) in [6.45, 7) is 4.97. The van der Waals surface area contributed by atoms with Gasteiger partial charge in [-0.25, -0.2) is 0 Å². The molecule has 0 aliphatic heterocycles. The summed E-state index contributed by atoms with van der Waals surface area (Å²) in [6, 6.07) is 7.50. The minimum atomic E-state index is -0.526. The van der Waals surface area contributed by atoms with Gasteiger partial charge < -0.3 is 18.7 Å². The Morgan fingerprint density at radius 3 is 2.52 bits per heavy atom. The van der Waals surface area contributed by atoms with Gasteiger partial charge in [-0.3, -0.25) is 4.90 Å². The molecule has 0 bridgehead atoms. The van der Waals surface area contributed by atoms with Crippen LogP contribution < -0.4 is 0 Å². The number of hydrogen-bond acceptors (Lipinski definition) is 5. The minimum Gasteiger partial charge on any atom is -0.468 e. The first-order valence-electron chi connectivity index (χ1n) is 7.31. The first-order chi connectivity index (χ1) is 10.3. The zero-order valence-electron chi connectivity index (χ0n) is 12.4. The molecule has 116 valence electrons. The van der Waals surface area contributed by atoms with Crippen molar-refractivity contribution in [3.05, 3.63) is 48.3 Å². The Morgan fingerprint density at radius 1 is 1.19 bits per heavy atom. The van der Waals surface area contributed by atoms with E-state index in [2.05, 4.69) is 11.8 Å². The van der Waals surface area contributed by atoms with E-state index in [1.165, 1.54) is 0 Å². The van der Waals surface area contributed by atoms with Gasteiger partial charge in [0.2, 0.25) is 0 Å². The lowest BCUT2D eigenvalue weighted by atomic mass is 10.3. The Morgan fingerprint density at radius 2 is 1.90 bits per heavy atom. The van der Waals surface area contributed by atoms with Crippen molar-refractivity contribution in [1.82, 2.24) is 4.90 Å². The normalized spacial score (nSPS) is 12.9. The average molecular weight is 293 g/mol. The van der Waals surface area contributed by atoms with Gasteiger partial charge in [-0.05, 0) is 37.2 Å². The fraction of sp³-hybridized carbons (Fsp3) is 0.500. The average Bonchev–Trinajstić information content (AvgIpc) is 3.12. The first-order valence-corrected chi connectivity index (χ1v) is 7.31. The largest absolute Gasteiger partial charge is 0.468 e. The van der Waals surface area contributed by atoms with E-state index in [0.717, 1.165) is 24.5 Å². The van der Waals surface area contributed by atoms with Crippen molar-refractivity contribution in [1.29, 1.82) is 0 Å². The molecule has 0 aliphatic carbocycles. The zero-order chi connectivity index (χ0) is 14.9. The maximum Gasteiger partial charge on any atom is 0.129 e. The molecule has 5 nitrogen and oxygen atoms in total. The van der Waals surface area contributed by atoms with Gasteiger partial charge in [0, 0.05) is 6.54 Å². The molecule has 0 saturated carbocycles. The summed E-state index contributed by atoms with van der Waals surface area (Å²) >= 11 is 0. The smallest absolute Gasteiger partial charge is 0.129 e. The molecule has 2 aromatic rings. The molecule has 2 rings (SSSR count). The van der Waals surface area contributed by atoms with Crippen molar-refractivity contribution in [3.63, 3.8) is 0 Å². The van der Waals surface area contributed by atoms with E-state index in [9.17, 15) is 5.11 Å². The Bertz CT molecular complexity index is 466. The van der Waals surface area contributed by atoms with Crippen LogP contribution in [0, 0.1) is 0 Å². The topological polar surface area (TPSA) is 59.0 Å². The molecule has 0 fully saturated rings. The molecule has 0 unspecified atom stereocenters. The highest BCUT2D eigenvalue weighted by molar-refractivity contribution is 4.98. The molecule has 2 aromatic heterocycles. The molecule has 0 radical (unpaired) electrons. The molecule has 5 heteroatoms. The van der Waals surface area contributed by atoms with Crippen molar-refractivity contribution in [2.45, 2.75) is 32.6 Å². The van der Waals surface area contributed by atoms with Crippen LogP contribution in [0.15, 0.2) is 45.6 Å². The Balaban J connectivity index is 1.71. The fourth-order valence-electron chi connectivity index (χ4n) is 2.22. The van der Waals surface area contributed by atoms with Gasteiger partial charge in [0.25, 0.3) is 0 Å². The van der Waals surface area contributed by atoms with Crippen LogP contribution in [0.5, 0.6) is 0 Å². The van der Waals surface area contributed by atoms with Crippen LogP contribution in [0.3, 0.4) is 0 Å². The summed E-state index contributed by atoms with van der Waals surface area (Å²) in [4.78, 5) is 2.17. The van der Waals surface area contributed by atoms with Crippen molar-refractivity contribution < 1.29 is 18.7 Å². The van der Waals surface area contributed by atoms with Crippen LogP contribution in [0.4, 0.5) is 0 Å². The van der Waals surface area contributed by atoms with E-state index < -0.39 is 6.10 Å². The van der Waals surface area contributed by atoms with Crippen LogP contribution in [-0.2, 0) is 17.9 Å². The van der Waals surface area contributed by atoms with Crippen LogP contribution in [0.25, 0.3) is 0 Å². The van der Waals surface area contributed by atoms with E-state index in [0.29, 0.717) is 26.3 Å². The number of rotatable bonds is 10. The van der Waals surface area contributed by atoms with Gasteiger partial charge in [-0.1, -0.05) is 6.92 Å². The van der Waals surface area contributed by atoms with E-state index in [-0.39, 0.29) is 0 Å². The molecule has 0 aromatic carbocycles.